The van der Waals surface area contributed by atoms with E-state index < -0.39 is 15.6 Å². The number of methoxy groups -OCH3 is 1. The lowest BCUT2D eigenvalue weighted by Crippen LogP contribution is -2.40. The third-order valence-corrected chi connectivity index (χ3v) is 5.34. The number of anilines is 1. The Morgan fingerprint density at radius 2 is 1.74 bits per heavy atom. The van der Waals surface area contributed by atoms with Crippen molar-refractivity contribution >= 4 is 21.7 Å². The van der Waals surface area contributed by atoms with Crippen molar-refractivity contribution in [1.82, 2.24) is 4.72 Å². The highest BCUT2D eigenvalue weighted by molar-refractivity contribution is 7.89. The zero-order valence-electron chi connectivity index (χ0n) is 16.0. The quantitative estimate of drug-likeness (QED) is 0.519. The molecule has 0 aliphatic carbocycles. The molecule has 0 saturated carbocycles. The van der Waals surface area contributed by atoms with Gasteiger partial charge >= 0.3 is 0 Å². The maximum atomic E-state index is 12.6. The van der Waals surface area contributed by atoms with Crippen molar-refractivity contribution in [2.45, 2.75) is 37.8 Å². The largest absolute Gasteiger partial charge is 0.497 e. The minimum atomic E-state index is -3.66. The first-order chi connectivity index (χ1) is 12.6. The minimum Gasteiger partial charge on any atom is -0.497 e. The Morgan fingerprint density at radius 1 is 1.11 bits per heavy atom. The fraction of sp³-hybridized carbons (Fsp3) is 0.316. The number of hydrogen-bond acceptors (Lipinski definition) is 4. The highest BCUT2D eigenvalue weighted by Crippen LogP contribution is 2.19. The highest BCUT2D eigenvalue weighted by atomic mass is 32.2. The van der Waals surface area contributed by atoms with Crippen LogP contribution in [0.25, 0.3) is 0 Å². The lowest BCUT2D eigenvalue weighted by Gasteiger charge is -2.21. The Labute approximate surface area is 160 Å². The van der Waals surface area contributed by atoms with Crippen LogP contribution in [0.15, 0.2) is 58.4 Å². The molecule has 7 nitrogen and oxygen atoms in total. The Hall–Kier alpha value is -2.58. The Kier molecular flexibility index (Phi) is 6.45. The molecule has 2 rings (SSSR count). The van der Waals surface area contributed by atoms with Crippen molar-refractivity contribution in [3.05, 3.63) is 54.1 Å². The molecule has 4 N–H and O–H groups in total. The number of hydrogen-bond donors (Lipinski definition) is 3. The zero-order chi connectivity index (χ0) is 20.1. The maximum absolute atomic E-state index is 12.6. The van der Waals surface area contributed by atoms with Crippen LogP contribution >= 0.6 is 0 Å². The normalized spacial score (nSPS) is 12.7. The van der Waals surface area contributed by atoms with Gasteiger partial charge in [-0.15, -0.1) is 0 Å². The second kappa shape index (κ2) is 8.41. The first-order valence-electron chi connectivity index (χ1n) is 8.43. The summed E-state index contributed by atoms with van der Waals surface area (Å²) in [5.41, 5.74) is 6.67. The van der Waals surface area contributed by atoms with Crippen LogP contribution in [0.4, 0.5) is 5.69 Å². The summed E-state index contributed by atoms with van der Waals surface area (Å²) in [6, 6.07) is 14.0. The molecule has 0 aromatic heterocycles. The van der Waals surface area contributed by atoms with Crippen LogP contribution < -0.4 is 20.5 Å². The molecule has 0 bridgehead atoms. The molecule has 2 aromatic carbocycles. The molecule has 0 fully saturated rings. The molecule has 8 heteroatoms. The first-order valence-corrected chi connectivity index (χ1v) is 9.92. The summed E-state index contributed by atoms with van der Waals surface area (Å²) < 4.78 is 33.1. The lowest BCUT2D eigenvalue weighted by molar-refractivity contribution is 0.415. The van der Waals surface area contributed by atoms with Crippen molar-refractivity contribution in [1.29, 1.82) is 0 Å². The molecule has 27 heavy (non-hydrogen) atoms. The molecule has 0 aliphatic rings. The molecule has 0 atom stereocenters. The molecule has 0 unspecified atom stereocenters. The smallest absolute Gasteiger partial charge is 0.241 e. The molecule has 0 radical (unpaired) electrons. The van der Waals surface area contributed by atoms with Crippen LogP contribution in [0, 0.1) is 0 Å². The zero-order valence-corrected chi connectivity index (χ0v) is 16.8. The van der Waals surface area contributed by atoms with Crippen molar-refractivity contribution in [3.63, 3.8) is 0 Å². The van der Waals surface area contributed by atoms with Gasteiger partial charge < -0.3 is 15.8 Å². The van der Waals surface area contributed by atoms with E-state index in [0.29, 0.717) is 5.56 Å². The summed E-state index contributed by atoms with van der Waals surface area (Å²) in [6.07, 6.45) is 0. The summed E-state index contributed by atoms with van der Waals surface area (Å²) in [5.74, 6) is 0.928. The predicted octanol–water partition coefficient (Wildman–Crippen LogP) is 2.70. The number of nitrogens with one attached hydrogen (secondary N) is 2. The monoisotopic (exact) mass is 390 g/mol. The van der Waals surface area contributed by atoms with Crippen molar-refractivity contribution in [2.24, 2.45) is 10.7 Å². The van der Waals surface area contributed by atoms with Crippen LogP contribution in [-0.2, 0) is 16.6 Å². The SMILES string of the molecule is COc1ccc(NC(N)=NCc2ccccc2S(=O)(=O)NC(C)(C)C)cc1. The van der Waals surface area contributed by atoms with E-state index in [0.717, 1.165) is 11.4 Å². The van der Waals surface area contributed by atoms with Gasteiger partial charge in [-0.1, -0.05) is 18.2 Å². The van der Waals surface area contributed by atoms with Crippen molar-refractivity contribution in [2.75, 3.05) is 12.4 Å². The van der Waals surface area contributed by atoms with Gasteiger partial charge in [0.25, 0.3) is 0 Å². The lowest BCUT2D eigenvalue weighted by atomic mass is 10.1. The number of nitrogens with two attached hydrogens (primary N) is 1. The van der Waals surface area contributed by atoms with Gasteiger partial charge in [0.2, 0.25) is 10.0 Å². The predicted molar refractivity (Wildman–Crippen MR) is 108 cm³/mol. The Morgan fingerprint density at radius 3 is 2.33 bits per heavy atom. The van der Waals surface area contributed by atoms with E-state index in [-0.39, 0.29) is 17.4 Å². The third-order valence-electron chi connectivity index (χ3n) is 3.48. The van der Waals surface area contributed by atoms with Gasteiger partial charge in [0.05, 0.1) is 18.6 Å². The Bertz CT molecular complexity index is 901. The molecule has 0 amide bonds. The number of ether oxygens (including phenoxy) is 1. The fourth-order valence-electron chi connectivity index (χ4n) is 2.39. The van der Waals surface area contributed by atoms with Gasteiger partial charge in [-0.05, 0) is 56.7 Å². The molecular weight excluding hydrogens is 364 g/mol. The second-order valence-corrected chi connectivity index (χ2v) is 8.67. The molecule has 2 aromatic rings. The molecule has 0 saturated heterocycles. The summed E-state index contributed by atoms with van der Waals surface area (Å²) >= 11 is 0. The standard InChI is InChI=1S/C19H26N4O3S/c1-19(2,3)23-27(24,25)17-8-6-5-7-14(17)13-21-18(20)22-15-9-11-16(26-4)12-10-15/h5-12,23H,13H2,1-4H3,(H3,20,21,22). The summed E-state index contributed by atoms with van der Waals surface area (Å²) in [4.78, 5) is 4.46. The summed E-state index contributed by atoms with van der Waals surface area (Å²) in [5, 5.41) is 2.97. The van der Waals surface area contributed by atoms with Gasteiger partial charge in [-0.25, -0.2) is 18.1 Å². The van der Waals surface area contributed by atoms with Crippen LogP contribution in [0.2, 0.25) is 0 Å². The van der Waals surface area contributed by atoms with E-state index in [1.165, 1.54) is 0 Å². The third kappa shape index (κ3) is 6.26. The average molecular weight is 391 g/mol. The number of rotatable bonds is 6. The minimum absolute atomic E-state index is 0.135. The number of nitrogens with zero attached hydrogens (tertiary/aromatic N) is 1. The van der Waals surface area contributed by atoms with E-state index in [1.807, 2.05) is 12.1 Å². The van der Waals surface area contributed by atoms with Gasteiger partial charge in [0.1, 0.15) is 5.75 Å². The fourth-order valence-corrected chi connectivity index (χ4v) is 4.04. The number of guanidine groups is 1. The van der Waals surface area contributed by atoms with Crippen LogP contribution in [-0.4, -0.2) is 27.0 Å². The number of benzene rings is 2. The molecule has 0 heterocycles. The molecular formula is C19H26N4O3S. The average Bonchev–Trinajstić information content (AvgIpc) is 2.59. The van der Waals surface area contributed by atoms with Crippen LogP contribution in [0.1, 0.15) is 26.3 Å². The van der Waals surface area contributed by atoms with E-state index >= 15 is 0 Å². The number of aliphatic imine (C=N–C) groups is 1. The van der Waals surface area contributed by atoms with Gasteiger partial charge in [-0.3, -0.25) is 0 Å². The van der Waals surface area contributed by atoms with E-state index in [4.69, 9.17) is 10.5 Å². The van der Waals surface area contributed by atoms with Crippen molar-refractivity contribution < 1.29 is 13.2 Å². The number of sulfonamides is 1. The maximum Gasteiger partial charge on any atom is 0.241 e. The highest BCUT2D eigenvalue weighted by Gasteiger charge is 2.24. The van der Waals surface area contributed by atoms with Crippen molar-refractivity contribution in [3.8, 4) is 5.75 Å². The topological polar surface area (TPSA) is 106 Å². The van der Waals surface area contributed by atoms with Gasteiger partial charge in [0.15, 0.2) is 5.96 Å². The van der Waals surface area contributed by atoms with E-state index in [2.05, 4.69) is 15.0 Å². The van der Waals surface area contributed by atoms with E-state index in [1.54, 1.807) is 64.3 Å². The molecule has 0 spiro atoms. The Balaban J connectivity index is 2.16. The van der Waals surface area contributed by atoms with Gasteiger partial charge in [-0.2, -0.15) is 0 Å². The second-order valence-electron chi connectivity index (χ2n) is 7.02. The van der Waals surface area contributed by atoms with Crippen LogP contribution in [0.5, 0.6) is 5.75 Å². The van der Waals surface area contributed by atoms with Gasteiger partial charge in [0, 0.05) is 11.2 Å². The molecule has 146 valence electrons. The summed E-state index contributed by atoms with van der Waals surface area (Å²) in [7, 11) is -2.06. The van der Waals surface area contributed by atoms with E-state index in [9.17, 15) is 8.42 Å². The summed E-state index contributed by atoms with van der Waals surface area (Å²) in [6.45, 7) is 5.52. The van der Waals surface area contributed by atoms with Crippen LogP contribution in [0.3, 0.4) is 0 Å². The molecule has 0 aliphatic heterocycles. The first kappa shape index (κ1) is 20.7.